The van der Waals surface area contributed by atoms with Crippen LogP contribution in [0.25, 0.3) is 0 Å². The first-order chi connectivity index (χ1) is 10.1. The number of rotatable bonds is 2. The van der Waals surface area contributed by atoms with E-state index in [-0.39, 0.29) is 5.11 Å². The summed E-state index contributed by atoms with van der Waals surface area (Å²) in [4.78, 5) is 0. The average Bonchev–Trinajstić information content (AvgIpc) is 2.89. The Morgan fingerprint density at radius 2 is 1.67 bits per heavy atom. The maximum Gasteiger partial charge on any atom is 0.192 e. The predicted molar refractivity (Wildman–Crippen MR) is 86.6 cm³/mol. The highest BCUT2D eigenvalue weighted by Gasteiger charge is 2.44. The highest BCUT2D eigenvalue weighted by molar-refractivity contribution is 7.80. The van der Waals surface area contributed by atoms with E-state index in [2.05, 4.69) is 5.10 Å². The van der Waals surface area contributed by atoms with Crippen LogP contribution in [0.3, 0.4) is 0 Å². The monoisotopic (exact) mass is 297 g/mol. The number of aliphatic hydroxyl groups is 1. The van der Waals surface area contributed by atoms with Crippen LogP contribution in [0, 0.1) is 0 Å². The maximum absolute atomic E-state index is 11.1. The normalized spacial score (nSPS) is 21.2. The van der Waals surface area contributed by atoms with Gasteiger partial charge in [-0.05, 0) is 17.8 Å². The number of hydrogen-bond acceptors (Lipinski definition) is 3. The first-order valence-corrected chi connectivity index (χ1v) is 7.02. The van der Waals surface area contributed by atoms with Crippen molar-refractivity contribution in [3.05, 3.63) is 71.8 Å². The van der Waals surface area contributed by atoms with E-state index in [0.717, 1.165) is 11.3 Å². The second kappa shape index (κ2) is 5.27. The van der Waals surface area contributed by atoms with Gasteiger partial charge >= 0.3 is 0 Å². The molecule has 0 aliphatic carbocycles. The fourth-order valence-electron chi connectivity index (χ4n) is 2.50. The third-order valence-corrected chi connectivity index (χ3v) is 3.71. The smallest absolute Gasteiger partial charge is 0.192 e. The van der Waals surface area contributed by atoms with Crippen molar-refractivity contribution in [1.82, 2.24) is 5.01 Å². The van der Waals surface area contributed by atoms with E-state index in [4.69, 9.17) is 18.0 Å². The predicted octanol–water partition coefficient (Wildman–Crippen LogP) is 2.19. The fraction of sp³-hybridized carbons (Fsp3) is 0.125. The number of nitrogens with zero attached hydrogens (tertiary/aromatic N) is 2. The largest absolute Gasteiger partial charge is 0.375 e. The first-order valence-electron chi connectivity index (χ1n) is 6.62. The van der Waals surface area contributed by atoms with Gasteiger partial charge in [0.2, 0.25) is 0 Å². The Morgan fingerprint density at radius 3 is 2.24 bits per heavy atom. The fourth-order valence-corrected chi connectivity index (χ4v) is 2.69. The molecular formula is C16H15N3OS. The van der Waals surface area contributed by atoms with Crippen molar-refractivity contribution in [2.75, 3.05) is 0 Å². The molecule has 2 aromatic rings. The van der Waals surface area contributed by atoms with Crippen LogP contribution in [-0.4, -0.2) is 20.9 Å². The molecule has 0 saturated heterocycles. The zero-order chi connectivity index (χ0) is 14.9. The molecule has 4 nitrogen and oxygen atoms in total. The van der Waals surface area contributed by atoms with Gasteiger partial charge in [0, 0.05) is 12.0 Å². The molecule has 0 spiro atoms. The average molecular weight is 297 g/mol. The molecule has 1 heterocycles. The molecule has 1 aliphatic rings. The van der Waals surface area contributed by atoms with Crippen molar-refractivity contribution in [2.45, 2.75) is 12.1 Å². The highest BCUT2D eigenvalue weighted by Crippen LogP contribution is 2.36. The first kappa shape index (κ1) is 13.7. The number of hydrazone groups is 1. The molecule has 0 aromatic heterocycles. The number of hydrogen-bond donors (Lipinski definition) is 2. The quantitative estimate of drug-likeness (QED) is 0.834. The number of nitrogens with two attached hydrogens (primary N) is 1. The van der Waals surface area contributed by atoms with Gasteiger partial charge in [0.1, 0.15) is 0 Å². The van der Waals surface area contributed by atoms with Crippen LogP contribution < -0.4 is 5.73 Å². The van der Waals surface area contributed by atoms with Crippen LogP contribution in [0.1, 0.15) is 17.5 Å². The Balaban J connectivity index is 2.03. The molecule has 0 bridgehead atoms. The van der Waals surface area contributed by atoms with Gasteiger partial charge in [-0.25, -0.2) is 5.01 Å². The minimum atomic E-state index is -1.34. The summed E-state index contributed by atoms with van der Waals surface area (Å²) in [5, 5.41) is 16.9. The van der Waals surface area contributed by atoms with Gasteiger partial charge in [-0.15, -0.1) is 0 Å². The maximum atomic E-state index is 11.1. The van der Waals surface area contributed by atoms with Gasteiger partial charge in [-0.2, -0.15) is 5.10 Å². The van der Waals surface area contributed by atoms with Gasteiger partial charge in [0.05, 0.1) is 5.71 Å². The van der Waals surface area contributed by atoms with E-state index >= 15 is 0 Å². The molecule has 1 aliphatic heterocycles. The van der Waals surface area contributed by atoms with Gasteiger partial charge in [0.15, 0.2) is 10.8 Å². The van der Waals surface area contributed by atoms with Crippen molar-refractivity contribution >= 4 is 23.0 Å². The lowest BCUT2D eigenvalue weighted by Gasteiger charge is -2.31. The van der Waals surface area contributed by atoms with Crippen LogP contribution in [0.5, 0.6) is 0 Å². The zero-order valence-electron chi connectivity index (χ0n) is 11.3. The van der Waals surface area contributed by atoms with Crippen LogP contribution in [0.4, 0.5) is 0 Å². The molecule has 3 rings (SSSR count). The summed E-state index contributed by atoms with van der Waals surface area (Å²) in [7, 11) is 0. The summed E-state index contributed by atoms with van der Waals surface area (Å²) in [6, 6.07) is 19.0. The van der Waals surface area contributed by atoms with Crippen molar-refractivity contribution in [3.63, 3.8) is 0 Å². The molecule has 2 aromatic carbocycles. The second-order valence-corrected chi connectivity index (χ2v) is 5.34. The highest BCUT2D eigenvalue weighted by atomic mass is 32.1. The molecule has 3 N–H and O–H groups in total. The van der Waals surface area contributed by atoms with E-state index in [0.29, 0.717) is 12.0 Å². The van der Waals surface area contributed by atoms with E-state index < -0.39 is 5.72 Å². The van der Waals surface area contributed by atoms with E-state index in [1.807, 2.05) is 60.7 Å². The minimum absolute atomic E-state index is 0.0484. The molecule has 0 fully saturated rings. The Labute approximate surface area is 128 Å². The van der Waals surface area contributed by atoms with Crippen molar-refractivity contribution in [1.29, 1.82) is 0 Å². The Hall–Kier alpha value is -2.24. The standard InChI is InChI=1S/C16H15N3OS/c17-15(21)19-16(20,13-9-5-2-6-10-13)11-14(18-19)12-7-3-1-4-8-12/h1-10,20H,11H2,(H2,17,21)/t16-/m0/s1. The molecule has 0 amide bonds. The lowest BCUT2D eigenvalue weighted by Crippen LogP contribution is -2.45. The Kier molecular flexibility index (Phi) is 3.45. The summed E-state index contributed by atoms with van der Waals surface area (Å²) in [6.07, 6.45) is 0.332. The minimum Gasteiger partial charge on any atom is -0.375 e. The van der Waals surface area contributed by atoms with Gasteiger partial charge in [-0.3, -0.25) is 0 Å². The third-order valence-electron chi connectivity index (χ3n) is 3.54. The zero-order valence-corrected chi connectivity index (χ0v) is 12.1. The molecule has 0 saturated carbocycles. The number of benzene rings is 2. The van der Waals surface area contributed by atoms with Crippen molar-refractivity contribution in [3.8, 4) is 0 Å². The van der Waals surface area contributed by atoms with Crippen molar-refractivity contribution < 1.29 is 5.11 Å². The Bertz CT molecular complexity index is 687. The lowest BCUT2D eigenvalue weighted by molar-refractivity contribution is -0.0564. The lowest BCUT2D eigenvalue weighted by atomic mass is 9.95. The molecule has 106 valence electrons. The molecule has 0 unspecified atom stereocenters. The SMILES string of the molecule is NC(=S)N1N=C(c2ccccc2)C[C@]1(O)c1ccccc1. The van der Waals surface area contributed by atoms with Crippen LogP contribution in [0.15, 0.2) is 65.8 Å². The van der Waals surface area contributed by atoms with E-state index in [1.165, 1.54) is 5.01 Å². The van der Waals surface area contributed by atoms with Gasteiger partial charge < -0.3 is 10.8 Å². The molecule has 5 heteroatoms. The summed E-state index contributed by atoms with van der Waals surface area (Å²) < 4.78 is 0. The third kappa shape index (κ3) is 2.41. The summed E-state index contributed by atoms with van der Waals surface area (Å²) >= 11 is 5.04. The van der Waals surface area contributed by atoms with Crippen LogP contribution >= 0.6 is 12.2 Å². The van der Waals surface area contributed by atoms with E-state index in [9.17, 15) is 5.11 Å². The van der Waals surface area contributed by atoms with Crippen LogP contribution in [0.2, 0.25) is 0 Å². The second-order valence-electron chi connectivity index (χ2n) is 4.92. The van der Waals surface area contributed by atoms with Crippen LogP contribution in [-0.2, 0) is 5.72 Å². The molecule has 0 radical (unpaired) electrons. The molecular weight excluding hydrogens is 282 g/mol. The van der Waals surface area contributed by atoms with E-state index in [1.54, 1.807) is 0 Å². The number of thiocarbonyl (C=S) groups is 1. The summed E-state index contributed by atoms with van der Waals surface area (Å²) in [5.74, 6) is 0. The Morgan fingerprint density at radius 1 is 1.10 bits per heavy atom. The summed E-state index contributed by atoms with van der Waals surface area (Å²) in [5.41, 5.74) is 6.83. The molecule has 21 heavy (non-hydrogen) atoms. The van der Waals surface area contributed by atoms with Crippen molar-refractivity contribution in [2.24, 2.45) is 10.8 Å². The molecule has 1 atom stereocenters. The van der Waals surface area contributed by atoms with Gasteiger partial charge in [0.25, 0.3) is 0 Å². The van der Waals surface area contributed by atoms with Gasteiger partial charge in [-0.1, -0.05) is 60.7 Å². The summed E-state index contributed by atoms with van der Waals surface area (Å²) in [6.45, 7) is 0. The topological polar surface area (TPSA) is 61.8 Å².